The molecule has 0 heterocycles. The summed E-state index contributed by atoms with van der Waals surface area (Å²) >= 11 is 1.66. The van der Waals surface area contributed by atoms with Gasteiger partial charge in [0.1, 0.15) is 5.75 Å². The molecule has 1 amide bonds. The van der Waals surface area contributed by atoms with Crippen LogP contribution in [0.2, 0.25) is 0 Å². The minimum Gasteiger partial charge on any atom is -0.496 e. The molecule has 0 atom stereocenters. The predicted octanol–water partition coefficient (Wildman–Crippen LogP) is 4.36. The highest BCUT2D eigenvalue weighted by Gasteiger charge is 2.50. The number of hydrogen-bond donors (Lipinski definition) is 1. The minimum absolute atomic E-state index is 0.00949. The number of hydrogen-bond acceptors (Lipinski definition) is 3. The van der Waals surface area contributed by atoms with Crippen LogP contribution in [-0.4, -0.2) is 25.8 Å². The van der Waals surface area contributed by atoms with Gasteiger partial charge in [0.15, 0.2) is 0 Å². The van der Waals surface area contributed by atoms with Crippen LogP contribution < -0.4 is 10.1 Å². The van der Waals surface area contributed by atoms with E-state index in [1.54, 1.807) is 18.9 Å². The van der Waals surface area contributed by atoms with Crippen LogP contribution in [0.15, 0.2) is 23.1 Å². The topological polar surface area (TPSA) is 38.3 Å². The summed E-state index contributed by atoms with van der Waals surface area (Å²) in [5.41, 5.74) is 1.02. The van der Waals surface area contributed by atoms with Crippen molar-refractivity contribution in [1.82, 2.24) is 5.32 Å². The molecule has 1 aromatic carbocycles. The van der Waals surface area contributed by atoms with Gasteiger partial charge in [0.2, 0.25) is 0 Å². The van der Waals surface area contributed by atoms with Gasteiger partial charge in [-0.3, -0.25) is 4.79 Å². The van der Waals surface area contributed by atoms with Gasteiger partial charge in [-0.15, -0.1) is 11.8 Å². The Morgan fingerprint density at radius 2 is 1.83 bits per heavy atom. The van der Waals surface area contributed by atoms with Gasteiger partial charge in [0, 0.05) is 11.4 Å². The third-order valence-electron chi connectivity index (χ3n) is 6.44. The Bertz CT molecular complexity index is 607. The molecule has 0 spiro atoms. The number of rotatable bonds is 5. The van der Waals surface area contributed by atoms with E-state index in [0.717, 1.165) is 29.2 Å². The third-order valence-corrected chi connectivity index (χ3v) is 7.17. The Balaban J connectivity index is 1.45. The van der Waals surface area contributed by atoms with Crippen molar-refractivity contribution in [2.45, 2.75) is 43.4 Å². The molecule has 0 saturated heterocycles. The van der Waals surface area contributed by atoms with Crippen LogP contribution >= 0.6 is 11.8 Å². The minimum atomic E-state index is 0.00949. The number of carbonyl (C=O) groups excluding carboxylic acids is 1. The van der Waals surface area contributed by atoms with Gasteiger partial charge in [-0.2, -0.15) is 0 Å². The van der Waals surface area contributed by atoms with Crippen molar-refractivity contribution < 1.29 is 9.53 Å². The Morgan fingerprint density at radius 1 is 1.21 bits per heavy atom. The van der Waals surface area contributed by atoms with Crippen LogP contribution in [0.1, 0.15) is 48.9 Å². The molecular formula is C20H27NO2S. The standard InChI is InChI=1S/C20H27NO2S/c1-23-18-8-16(24-2)3-4-17(18)19(22)21-12-20-9-13-5-14(10-20)7-15(6-13)11-20/h3-4,8,13-15H,5-7,9-12H2,1-2H3,(H,21,22). The predicted molar refractivity (Wildman–Crippen MR) is 97.7 cm³/mol. The first-order valence-corrected chi connectivity index (χ1v) is 10.3. The lowest BCUT2D eigenvalue weighted by molar-refractivity contribution is -0.0503. The zero-order valence-corrected chi connectivity index (χ0v) is 15.5. The largest absolute Gasteiger partial charge is 0.496 e. The third kappa shape index (κ3) is 2.94. The molecule has 3 nitrogen and oxygen atoms in total. The lowest BCUT2D eigenvalue weighted by Crippen LogP contribution is -2.51. The van der Waals surface area contributed by atoms with Crippen LogP contribution in [0.5, 0.6) is 5.75 Å². The maximum Gasteiger partial charge on any atom is 0.255 e. The van der Waals surface area contributed by atoms with E-state index in [2.05, 4.69) is 5.32 Å². The zero-order valence-electron chi connectivity index (χ0n) is 14.6. The number of amides is 1. The van der Waals surface area contributed by atoms with E-state index in [-0.39, 0.29) is 5.91 Å². The first-order valence-electron chi connectivity index (χ1n) is 9.11. The smallest absolute Gasteiger partial charge is 0.255 e. The maximum atomic E-state index is 12.7. The van der Waals surface area contributed by atoms with Crippen molar-refractivity contribution in [2.24, 2.45) is 23.2 Å². The molecule has 130 valence electrons. The molecule has 4 bridgehead atoms. The van der Waals surface area contributed by atoms with Gasteiger partial charge in [-0.1, -0.05) is 0 Å². The molecule has 0 aromatic heterocycles. The van der Waals surface area contributed by atoms with Gasteiger partial charge < -0.3 is 10.1 Å². The molecule has 4 saturated carbocycles. The van der Waals surface area contributed by atoms with Crippen LogP contribution in [-0.2, 0) is 0 Å². The average Bonchev–Trinajstić information content (AvgIpc) is 2.58. The highest BCUT2D eigenvalue weighted by Crippen LogP contribution is 2.59. The molecule has 1 N–H and O–H groups in total. The maximum absolute atomic E-state index is 12.7. The van der Waals surface area contributed by atoms with Crippen LogP contribution in [0.4, 0.5) is 0 Å². The van der Waals surface area contributed by atoms with Gasteiger partial charge >= 0.3 is 0 Å². The van der Waals surface area contributed by atoms with E-state index < -0.39 is 0 Å². The summed E-state index contributed by atoms with van der Waals surface area (Å²) in [7, 11) is 1.63. The second kappa shape index (κ2) is 6.29. The van der Waals surface area contributed by atoms with Crippen molar-refractivity contribution in [3.05, 3.63) is 23.8 Å². The SMILES string of the molecule is COc1cc(SC)ccc1C(=O)NCC12CC3CC(CC(C3)C1)C2. The van der Waals surface area contributed by atoms with E-state index >= 15 is 0 Å². The van der Waals surface area contributed by atoms with Gasteiger partial charge in [-0.05, 0) is 86.1 Å². The summed E-state index contributed by atoms with van der Waals surface area (Å²) in [5.74, 6) is 3.44. The molecule has 4 fully saturated rings. The van der Waals surface area contributed by atoms with Gasteiger partial charge in [0.05, 0.1) is 12.7 Å². The van der Waals surface area contributed by atoms with Crippen LogP contribution in [0.3, 0.4) is 0 Å². The van der Waals surface area contributed by atoms with E-state index in [1.807, 2.05) is 24.5 Å². The normalized spacial score (nSPS) is 33.5. The van der Waals surface area contributed by atoms with E-state index in [4.69, 9.17) is 4.74 Å². The number of nitrogens with one attached hydrogen (secondary N) is 1. The van der Waals surface area contributed by atoms with Crippen molar-refractivity contribution >= 4 is 17.7 Å². The van der Waals surface area contributed by atoms with Crippen LogP contribution in [0.25, 0.3) is 0 Å². The monoisotopic (exact) mass is 345 g/mol. The second-order valence-corrected chi connectivity index (χ2v) is 9.05. The Hall–Kier alpha value is -1.16. The first kappa shape index (κ1) is 16.3. The molecule has 4 aliphatic rings. The Kier molecular flexibility index (Phi) is 4.27. The Labute approximate surface area is 148 Å². The molecule has 1 aromatic rings. The molecule has 4 heteroatoms. The number of thioether (sulfide) groups is 1. The van der Waals surface area contributed by atoms with Crippen molar-refractivity contribution in [3.8, 4) is 5.75 Å². The molecule has 4 aliphatic carbocycles. The summed E-state index contributed by atoms with van der Waals surface area (Å²) in [6.07, 6.45) is 10.3. The average molecular weight is 346 g/mol. The van der Waals surface area contributed by atoms with Crippen LogP contribution in [0, 0.1) is 23.2 Å². The van der Waals surface area contributed by atoms with Gasteiger partial charge in [0.25, 0.3) is 5.91 Å². The second-order valence-electron chi connectivity index (χ2n) is 8.17. The van der Waals surface area contributed by atoms with E-state index in [1.165, 1.54) is 38.5 Å². The highest BCUT2D eigenvalue weighted by atomic mass is 32.2. The molecule has 0 unspecified atom stereocenters. The zero-order chi connectivity index (χ0) is 16.7. The molecular weight excluding hydrogens is 318 g/mol. The first-order chi connectivity index (χ1) is 11.6. The summed E-state index contributed by atoms with van der Waals surface area (Å²) in [6.45, 7) is 0.836. The van der Waals surface area contributed by atoms with Crippen molar-refractivity contribution in [2.75, 3.05) is 19.9 Å². The van der Waals surface area contributed by atoms with E-state index in [0.29, 0.717) is 16.7 Å². The summed E-state index contributed by atoms with van der Waals surface area (Å²) in [4.78, 5) is 13.8. The van der Waals surface area contributed by atoms with Gasteiger partial charge in [-0.25, -0.2) is 0 Å². The molecule has 0 radical (unpaired) electrons. The lowest BCUT2D eigenvalue weighted by Gasteiger charge is -2.56. The fourth-order valence-corrected chi connectivity index (χ4v) is 6.28. The van der Waals surface area contributed by atoms with E-state index in [9.17, 15) is 4.79 Å². The molecule has 24 heavy (non-hydrogen) atoms. The molecule has 5 rings (SSSR count). The summed E-state index contributed by atoms with van der Waals surface area (Å²) in [5, 5.41) is 3.24. The summed E-state index contributed by atoms with van der Waals surface area (Å²) < 4.78 is 5.43. The number of ether oxygens (including phenoxy) is 1. The fourth-order valence-electron chi connectivity index (χ4n) is 5.86. The van der Waals surface area contributed by atoms with Crippen molar-refractivity contribution in [3.63, 3.8) is 0 Å². The molecule has 0 aliphatic heterocycles. The number of benzene rings is 1. The fraction of sp³-hybridized carbons (Fsp3) is 0.650. The van der Waals surface area contributed by atoms with Crippen molar-refractivity contribution in [1.29, 1.82) is 0 Å². The lowest BCUT2D eigenvalue weighted by atomic mass is 9.49. The quantitative estimate of drug-likeness (QED) is 0.806. The number of carbonyl (C=O) groups is 1. The summed E-state index contributed by atoms with van der Waals surface area (Å²) in [6, 6.07) is 5.83. The highest BCUT2D eigenvalue weighted by molar-refractivity contribution is 7.98. The Morgan fingerprint density at radius 3 is 2.38 bits per heavy atom. The number of methoxy groups -OCH3 is 1.